The maximum Gasteiger partial charge on any atom is 0.439 e. The average Bonchev–Trinajstić information content (AvgIpc) is 3.30. The predicted molar refractivity (Wildman–Crippen MR) is 135 cm³/mol. The standard InChI is InChI=1S/C23H22ClN5O4.C2H6/c1-14-10-17(24)7-6-15(14)8-9-25-20-12-19(26-22(27-20)31-2)16-4-3-5-18(11-16)32-13-21-28-23(30)33-29-21;1-2/h3-7,10-12H,8-9,13H2,1-2H3,(H,25,26,27)(H,28,29,30);1-2H3. The van der Waals surface area contributed by atoms with Crippen molar-refractivity contribution in [1.29, 1.82) is 0 Å². The lowest BCUT2D eigenvalue weighted by Crippen LogP contribution is -2.08. The Bertz CT molecular complexity index is 1310. The van der Waals surface area contributed by atoms with E-state index in [-0.39, 0.29) is 12.6 Å². The molecule has 0 radical (unpaired) electrons. The maximum atomic E-state index is 11.0. The zero-order valence-corrected chi connectivity index (χ0v) is 20.8. The van der Waals surface area contributed by atoms with Crippen LogP contribution in [0.15, 0.2) is 57.8 Å². The summed E-state index contributed by atoms with van der Waals surface area (Å²) >= 11 is 6.04. The van der Waals surface area contributed by atoms with Crippen LogP contribution in [0.3, 0.4) is 0 Å². The SMILES string of the molecule is CC.COc1nc(NCCc2ccc(Cl)cc2C)cc(-c2cccc(OCc3noc(=O)[nH]3)c2)n1. The Balaban J connectivity index is 0.00000167. The van der Waals surface area contributed by atoms with Crippen molar-refractivity contribution in [3.63, 3.8) is 0 Å². The van der Waals surface area contributed by atoms with E-state index in [0.717, 1.165) is 22.6 Å². The first-order chi connectivity index (χ1) is 17.0. The van der Waals surface area contributed by atoms with E-state index in [4.69, 9.17) is 21.1 Å². The number of aromatic amines is 1. The third-order valence-electron chi connectivity index (χ3n) is 4.88. The molecule has 2 N–H and O–H groups in total. The van der Waals surface area contributed by atoms with E-state index in [1.165, 1.54) is 12.7 Å². The molecule has 0 fully saturated rings. The minimum Gasteiger partial charge on any atom is -0.486 e. The molecule has 2 heterocycles. The Labute approximate surface area is 208 Å². The number of ether oxygens (including phenoxy) is 2. The van der Waals surface area contributed by atoms with Gasteiger partial charge < -0.3 is 14.8 Å². The number of nitrogens with one attached hydrogen (secondary N) is 2. The topological polar surface area (TPSA) is 115 Å². The van der Waals surface area contributed by atoms with E-state index in [2.05, 4.69) is 29.9 Å². The summed E-state index contributed by atoms with van der Waals surface area (Å²) in [6.07, 6.45) is 0.818. The lowest BCUT2D eigenvalue weighted by molar-refractivity contribution is 0.285. The largest absolute Gasteiger partial charge is 0.486 e. The van der Waals surface area contributed by atoms with Crippen molar-refractivity contribution in [2.75, 3.05) is 19.0 Å². The Morgan fingerprint density at radius 3 is 2.66 bits per heavy atom. The van der Waals surface area contributed by atoms with Gasteiger partial charge in [-0.25, -0.2) is 4.79 Å². The first-order valence-electron chi connectivity index (χ1n) is 11.2. The molecule has 0 amide bonds. The summed E-state index contributed by atoms with van der Waals surface area (Å²) in [6.45, 7) is 6.79. The highest BCUT2D eigenvalue weighted by atomic mass is 35.5. The third kappa shape index (κ3) is 7.31. The number of aryl methyl sites for hydroxylation is 1. The number of hydrogen-bond donors (Lipinski definition) is 2. The molecule has 0 aliphatic carbocycles. The van der Waals surface area contributed by atoms with Crippen molar-refractivity contribution in [2.45, 2.75) is 33.8 Å². The quantitative estimate of drug-likeness (QED) is 0.330. The predicted octanol–water partition coefficient (Wildman–Crippen LogP) is 5.05. The van der Waals surface area contributed by atoms with Gasteiger partial charge in [0.1, 0.15) is 18.2 Å². The van der Waals surface area contributed by atoms with Gasteiger partial charge in [0.2, 0.25) is 0 Å². The summed E-state index contributed by atoms with van der Waals surface area (Å²) in [7, 11) is 1.53. The number of nitrogens with zero attached hydrogens (tertiary/aromatic N) is 3. The van der Waals surface area contributed by atoms with Crippen molar-refractivity contribution in [3.8, 4) is 23.0 Å². The van der Waals surface area contributed by atoms with E-state index in [9.17, 15) is 4.79 Å². The van der Waals surface area contributed by atoms with Gasteiger partial charge in [-0.15, -0.1) is 0 Å². The van der Waals surface area contributed by atoms with Crippen LogP contribution >= 0.6 is 11.6 Å². The van der Waals surface area contributed by atoms with Gasteiger partial charge in [-0.3, -0.25) is 9.51 Å². The fraction of sp³-hybridized carbons (Fsp3) is 0.280. The van der Waals surface area contributed by atoms with Crippen molar-refractivity contribution in [2.24, 2.45) is 0 Å². The Morgan fingerprint density at radius 2 is 1.94 bits per heavy atom. The number of methoxy groups -OCH3 is 1. The molecular weight excluding hydrogens is 470 g/mol. The molecule has 0 atom stereocenters. The summed E-state index contributed by atoms with van der Waals surface area (Å²) in [5.41, 5.74) is 3.86. The molecule has 2 aromatic carbocycles. The lowest BCUT2D eigenvalue weighted by atomic mass is 10.1. The fourth-order valence-corrected chi connectivity index (χ4v) is 3.47. The van der Waals surface area contributed by atoms with Gasteiger partial charge in [0.25, 0.3) is 0 Å². The minimum absolute atomic E-state index is 0.0687. The van der Waals surface area contributed by atoms with Gasteiger partial charge in [0, 0.05) is 23.2 Å². The van der Waals surface area contributed by atoms with Crippen molar-refractivity contribution < 1.29 is 14.0 Å². The number of anilines is 1. The van der Waals surface area contributed by atoms with Crippen molar-refractivity contribution >= 4 is 17.4 Å². The molecule has 4 aromatic rings. The Hall–Kier alpha value is -3.85. The minimum atomic E-state index is -0.623. The molecule has 0 aliphatic rings. The molecule has 0 saturated heterocycles. The molecule has 4 rings (SSSR count). The zero-order chi connectivity index (χ0) is 25.2. The second-order valence-electron chi connectivity index (χ2n) is 7.23. The van der Waals surface area contributed by atoms with E-state index >= 15 is 0 Å². The number of benzene rings is 2. The van der Waals surface area contributed by atoms with Gasteiger partial charge >= 0.3 is 11.8 Å². The molecule has 0 spiro atoms. The molecule has 184 valence electrons. The summed E-state index contributed by atoms with van der Waals surface area (Å²) in [5, 5.41) is 7.65. The van der Waals surface area contributed by atoms with Gasteiger partial charge in [0.05, 0.1) is 12.8 Å². The number of H-pyrrole nitrogens is 1. The molecule has 0 aliphatic heterocycles. The van der Waals surface area contributed by atoms with Crippen molar-refractivity contribution in [3.05, 3.63) is 81.1 Å². The van der Waals surface area contributed by atoms with E-state index in [0.29, 0.717) is 29.6 Å². The normalized spacial score (nSPS) is 10.3. The summed E-state index contributed by atoms with van der Waals surface area (Å²) in [4.78, 5) is 22.3. The molecule has 10 heteroatoms. The van der Waals surface area contributed by atoms with Gasteiger partial charge in [-0.1, -0.05) is 48.8 Å². The smallest absolute Gasteiger partial charge is 0.439 e. The highest BCUT2D eigenvalue weighted by Crippen LogP contribution is 2.26. The molecule has 0 unspecified atom stereocenters. The van der Waals surface area contributed by atoms with Crippen LogP contribution < -0.4 is 20.5 Å². The second kappa shape index (κ2) is 12.6. The molecule has 0 saturated carbocycles. The van der Waals surface area contributed by atoms with Crippen LogP contribution in [0.2, 0.25) is 5.02 Å². The molecule has 35 heavy (non-hydrogen) atoms. The van der Waals surface area contributed by atoms with Crippen LogP contribution in [0.1, 0.15) is 30.8 Å². The average molecular weight is 498 g/mol. The molecule has 0 bridgehead atoms. The number of hydrogen-bond acceptors (Lipinski definition) is 8. The van der Waals surface area contributed by atoms with Crippen LogP contribution in [0.25, 0.3) is 11.3 Å². The fourth-order valence-electron chi connectivity index (χ4n) is 3.24. The summed E-state index contributed by atoms with van der Waals surface area (Å²) in [5.74, 6) is 0.912. The summed E-state index contributed by atoms with van der Waals surface area (Å²) in [6, 6.07) is 15.4. The number of halogens is 1. The maximum absolute atomic E-state index is 11.0. The Morgan fingerprint density at radius 1 is 1.11 bits per heavy atom. The van der Waals surface area contributed by atoms with Gasteiger partial charge in [-0.05, 0) is 48.7 Å². The van der Waals surface area contributed by atoms with Crippen LogP contribution in [0.5, 0.6) is 11.8 Å². The van der Waals surface area contributed by atoms with E-state index in [1.807, 2.05) is 63.2 Å². The molecular formula is C25H28ClN5O4. The van der Waals surface area contributed by atoms with Crippen LogP contribution in [-0.4, -0.2) is 33.8 Å². The zero-order valence-electron chi connectivity index (χ0n) is 20.1. The monoisotopic (exact) mass is 497 g/mol. The van der Waals surface area contributed by atoms with Crippen LogP contribution in [0.4, 0.5) is 5.82 Å². The van der Waals surface area contributed by atoms with Crippen molar-refractivity contribution in [1.82, 2.24) is 20.1 Å². The van der Waals surface area contributed by atoms with E-state index < -0.39 is 5.76 Å². The van der Waals surface area contributed by atoms with Crippen LogP contribution in [0, 0.1) is 6.92 Å². The van der Waals surface area contributed by atoms with Gasteiger partial charge in [0.15, 0.2) is 5.82 Å². The summed E-state index contributed by atoms with van der Waals surface area (Å²) < 4.78 is 15.5. The highest BCUT2D eigenvalue weighted by Gasteiger charge is 2.09. The molecule has 2 aromatic heterocycles. The number of aromatic nitrogens is 4. The number of rotatable bonds is 9. The lowest BCUT2D eigenvalue weighted by Gasteiger charge is -2.11. The van der Waals surface area contributed by atoms with Crippen LogP contribution in [-0.2, 0) is 13.0 Å². The third-order valence-corrected chi connectivity index (χ3v) is 5.12. The van der Waals surface area contributed by atoms with Gasteiger partial charge in [-0.2, -0.15) is 9.97 Å². The van der Waals surface area contributed by atoms with E-state index in [1.54, 1.807) is 6.07 Å². The highest BCUT2D eigenvalue weighted by molar-refractivity contribution is 6.30. The first-order valence-corrected chi connectivity index (χ1v) is 11.6. The Kier molecular flexibility index (Phi) is 9.25. The second-order valence-corrected chi connectivity index (χ2v) is 7.67. The first kappa shape index (κ1) is 25.8. The molecule has 9 nitrogen and oxygen atoms in total.